The van der Waals surface area contributed by atoms with E-state index in [0.29, 0.717) is 55.8 Å². The molecule has 5 rings (SSSR count). The van der Waals surface area contributed by atoms with Crippen LogP contribution in [-0.2, 0) is 34.5 Å². The maximum atomic E-state index is 13.1. The second-order valence-electron chi connectivity index (χ2n) is 11.1. The Kier molecular flexibility index (Phi) is 7.24. The molecule has 3 amide bonds. The first-order chi connectivity index (χ1) is 18.9. The van der Waals surface area contributed by atoms with Crippen LogP contribution in [0, 0.1) is 5.41 Å². The molecule has 40 heavy (non-hydrogen) atoms. The number of piperidine rings is 2. The molecule has 0 radical (unpaired) electrons. The number of fused-ring (bicyclic) bond motifs is 1. The molecule has 1 aromatic carbocycles. The van der Waals surface area contributed by atoms with Gasteiger partial charge in [-0.2, -0.15) is 13.2 Å². The van der Waals surface area contributed by atoms with Crippen LogP contribution in [0.2, 0.25) is 0 Å². The number of hydrogen-bond acceptors (Lipinski definition) is 6. The summed E-state index contributed by atoms with van der Waals surface area (Å²) in [4.78, 5) is 45.4. The van der Waals surface area contributed by atoms with Gasteiger partial charge in [-0.1, -0.05) is 26.0 Å². The van der Waals surface area contributed by atoms with Crippen LogP contribution in [0.25, 0.3) is 0 Å². The minimum Gasteiger partial charge on any atom is -0.383 e. The van der Waals surface area contributed by atoms with Crippen LogP contribution in [0.4, 0.5) is 13.2 Å². The Morgan fingerprint density at radius 3 is 2.40 bits per heavy atom. The number of carbonyl (C=O) groups is 3. The first-order valence-corrected chi connectivity index (χ1v) is 13.7. The van der Waals surface area contributed by atoms with Crippen molar-refractivity contribution in [2.24, 2.45) is 5.41 Å². The summed E-state index contributed by atoms with van der Waals surface area (Å²) in [6, 6.07) is 7.79. The number of alkyl halides is 3. The third-order valence-corrected chi connectivity index (χ3v) is 9.03. The van der Waals surface area contributed by atoms with Crippen LogP contribution >= 0.6 is 0 Å². The molecule has 3 aliphatic heterocycles. The van der Waals surface area contributed by atoms with Gasteiger partial charge in [0.15, 0.2) is 0 Å². The lowest BCUT2D eigenvalue weighted by Gasteiger charge is -2.53. The lowest BCUT2D eigenvalue weighted by molar-refractivity contribution is -0.151. The SMILES string of the molecule is CCC1(CC)CN(Cc2ccc(C(F)(F)F)cc2)CCC1(O)c1ccc2c(n1)CN(C1CCC(=O)NC1=O)C2=O. The molecule has 8 nitrogen and oxygen atoms in total. The molecule has 0 aliphatic carbocycles. The Morgan fingerprint density at radius 1 is 1.07 bits per heavy atom. The molecule has 4 heterocycles. The van der Waals surface area contributed by atoms with Crippen LogP contribution in [-0.4, -0.2) is 56.7 Å². The number of hydrogen-bond donors (Lipinski definition) is 2. The second-order valence-corrected chi connectivity index (χ2v) is 11.1. The Bertz CT molecular complexity index is 1330. The van der Waals surface area contributed by atoms with E-state index in [2.05, 4.69) is 10.2 Å². The van der Waals surface area contributed by atoms with Crippen LogP contribution < -0.4 is 5.32 Å². The van der Waals surface area contributed by atoms with Gasteiger partial charge in [0.1, 0.15) is 11.6 Å². The summed E-state index contributed by atoms with van der Waals surface area (Å²) in [6.45, 7) is 5.64. The Labute approximate surface area is 230 Å². The molecule has 1 aromatic heterocycles. The Hall–Kier alpha value is -3.31. The fourth-order valence-corrected chi connectivity index (χ4v) is 6.54. The minimum atomic E-state index is -4.38. The van der Waals surface area contributed by atoms with Crippen molar-refractivity contribution in [3.63, 3.8) is 0 Å². The highest BCUT2D eigenvalue weighted by Crippen LogP contribution is 2.51. The maximum absolute atomic E-state index is 13.1. The van der Waals surface area contributed by atoms with Gasteiger partial charge in [0.25, 0.3) is 5.91 Å². The number of rotatable bonds is 6. The van der Waals surface area contributed by atoms with Crippen molar-refractivity contribution in [3.05, 3.63) is 64.5 Å². The molecule has 2 atom stereocenters. The number of nitrogens with one attached hydrogen (secondary N) is 1. The summed E-state index contributed by atoms with van der Waals surface area (Å²) in [6.07, 6.45) is -2.32. The molecule has 0 bridgehead atoms. The summed E-state index contributed by atoms with van der Waals surface area (Å²) in [5, 5.41) is 14.5. The van der Waals surface area contributed by atoms with Gasteiger partial charge in [-0.15, -0.1) is 0 Å². The number of aromatic nitrogens is 1. The van der Waals surface area contributed by atoms with Crippen molar-refractivity contribution in [1.82, 2.24) is 20.1 Å². The van der Waals surface area contributed by atoms with Gasteiger partial charge in [-0.25, -0.2) is 0 Å². The molecule has 3 aliphatic rings. The molecular weight excluding hydrogens is 525 g/mol. The third kappa shape index (κ3) is 4.79. The third-order valence-electron chi connectivity index (χ3n) is 9.03. The number of benzene rings is 1. The van der Waals surface area contributed by atoms with Crippen LogP contribution in [0.1, 0.15) is 78.8 Å². The molecule has 2 fully saturated rings. The maximum Gasteiger partial charge on any atom is 0.416 e. The minimum absolute atomic E-state index is 0.121. The van der Waals surface area contributed by atoms with E-state index in [-0.39, 0.29) is 31.2 Å². The number of imide groups is 1. The molecule has 2 aromatic rings. The van der Waals surface area contributed by atoms with Crippen molar-refractivity contribution in [1.29, 1.82) is 0 Å². The second kappa shape index (κ2) is 10.3. The summed E-state index contributed by atoms with van der Waals surface area (Å²) >= 11 is 0. The van der Waals surface area contributed by atoms with Crippen molar-refractivity contribution in [2.75, 3.05) is 13.1 Å². The molecule has 11 heteroatoms. The van der Waals surface area contributed by atoms with Gasteiger partial charge in [-0.05, 0) is 55.5 Å². The number of carbonyl (C=O) groups excluding carboxylic acids is 3. The van der Waals surface area contributed by atoms with E-state index >= 15 is 0 Å². The first kappa shape index (κ1) is 28.2. The van der Waals surface area contributed by atoms with E-state index in [1.54, 1.807) is 12.1 Å². The van der Waals surface area contributed by atoms with Crippen LogP contribution in [0.3, 0.4) is 0 Å². The van der Waals surface area contributed by atoms with E-state index in [1.807, 2.05) is 13.8 Å². The largest absolute Gasteiger partial charge is 0.416 e. The molecule has 2 unspecified atom stereocenters. The van der Waals surface area contributed by atoms with Crippen molar-refractivity contribution in [2.45, 2.75) is 76.9 Å². The van der Waals surface area contributed by atoms with Gasteiger partial charge in [0.05, 0.1) is 29.1 Å². The fraction of sp³-hybridized carbons (Fsp3) is 0.517. The van der Waals surface area contributed by atoms with Gasteiger partial charge >= 0.3 is 6.18 Å². The van der Waals surface area contributed by atoms with E-state index in [0.717, 1.165) is 17.7 Å². The van der Waals surface area contributed by atoms with Gasteiger partial charge < -0.3 is 10.0 Å². The van der Waals surface area contributed by atoms with Gasteiger partial charge in [0, 0.05) is 31.5 Å². The predicted octanol–water partition coefficient (Wildman–Crippen LogP) is 3.76. The van der Waals surface area contributed by atoms with Gasteiger partial charge in [-0.3, -0.25) is 29.6 Å². The molecule has 214 valence electrons. The molecule has 2 N–H and O–H groups in total. The average Bonchev–Trinajstić information content (AvgIpc) is 3.25. The standard InChI is InChI=1S/C29H33F3N4O4/c1-3-27(4-2)17-35(15-18-5-7-19(8-6-18)29(30,31)32)14-13-28(27,40)23-11-9-20-21(33-23)16-36(26(20)39)22-10-12-24(37)34-25(22)38/h5-9,11,22,40H,3-4,10,12-17H2,1-2H3,(H,34,37,38). The molecule has 0 saturated carbocycles. The number of likely N-dealkylation sites (tertiary alicyclic amines) is 1. The number of halogens is 3. The lowest BCUT2D eigenvalue weighted by Crippen LogP contribution is -2.57. The highest BCUT2D eigenvalue weighted by atomic mass is 19.4. The Balaban J connectivity index is 1.36. The van der Waals surface area contributed by atoms with Crippen LogP contribution in [0.5, 0.6) is 0 Å². The molecule has 0 spiro atoms. The average molecular weight is 559 g/mol. The molecular formula is C29H33F3N4O4. The van der Waals surface area contributed by atoms with E-state index in [1.165, 1.54) is 17.0 Å². The van der Waals surface area contributed by atoms with Crippen LogP contribution in [0.15, 0.2) is 36.4 Å². The number of pyridine rings is 1. The summed E-state index contributed by atoms with van der Waals surface area (Å²) in [5.74, 6) is -1.17. The number of aliphatic hydroxyl groups is 1. The quantitative estimate of drug-likeness (QED) is 0.524. The number of amides is 3. The number of nitrogens with zero attached hydrogens (tertiary/aromatic N) is 3. The highest BCUT2D eigenvalue weighted by Gasteiger charge is 2.54. The zero-order valence-corrected chi connectivity index (χ0v) is 22.6. The van der Waals surface area contributed by atoms with Crippen molar-refractivity contribution in [3.8, 4) is 0 Å². The smallest absolute Gasteiger partial charge is 0.383 e. The van der Waals surface area contributed by atoms with E-state index < -0.39 is 34.7 Å². The first-order valence-electron chi connectivity index (χ1n) is 13.7. The summed E-state index contributed by atoms with van der Waals surface area (Å²) < 4.78 is 38.9. The fourth-order valence-electron chi connectivity index (χ4n) is 6.54. The van der Waals surface area contributed by atoms with E-state index in [4.69, 9.17) is 4.98 Å². The molecule has 2 saturated heterocycles. The zero-order chi connectivity index (χ0) is 28.9. The lowest BCUT2D eigenvalue weighted by atomic mass is 9.62. The summed E-state index contributed by atoms with van der Waals surface area (Å²) in [5.41, 5.74) is -0.427. The monoisotopic (exact) mass is 558 g/mol. The normalized spacial score (nSPS) is 25.2. The van der Waals surface area contributed by atoms with E-state index in [9.17, 15) is 32.7 Å². The highest BCUT2D eigenvalue weighted by molar-refractivity contribution is 6.05. The van der Waals surface area contributed by atoms with Crippen molar-refractivity contribution < 1.29 is 32.7 Å². The predicted molar refractivity (Wildman–Crippen MR) is 139 cm³/mol. The Morgan fingerprint density at radius 2 is 1.77 bits per heavy atom. The topological polar surface area (TPSA) is 103 Å². The van der Waals surface area contributed by atoms with Gasteiger partial charge in [0.2, 0.25) is 11.8 Å². The summed E-state index contributed by atoms with van der Waals surface area (Å²) in [7, 11) is 0. The van der Waals surface area contributed by atoms with Crippen molar-refractivity contribution >= 4 is 17.7 Å². The zero-order valence-electron chi connectivity index (χ0n) is 22.6.